The fourth-order valence-electron chi connectivity index (χ4n) is 4.06. The Morgan fingerprint density at radius 1 is 1.14 bits per heavy atom. The Morgan fingerprint density at radius 3 is 2.93 bits per heavy atom. The zero-order valence-corrected chi connectivity index (χ0v) is 15.3. The highest BCUT2D eigenvalue weighted by atomic mass is 16.6. The van der Waals surface area contributed by atoms with E-state index in [0.717, 1.165) is 36.2 Å². The highest BCUT2D eigenvalue weighted by Crippen LogP contribution is 2.34. The van der Waals surface area contributed by atoms with Crippen LogP contribution in [0.5, 0.6) is 0 Å². The lowest BCUT2D eigenvalue weighted by Crippen LogP contribution is -2.29. The number of rotatable bonds is 3. The van der Waals surface area contributed by atoms with E-state index in [-0.39, 0.29) is 17.8 Å². The third-order valence-corrected chi connectivity index (χ3v) is 5.45. The maximum Gasteiger partial charge on any atom is 0.414 e. The number of aromatic amines is 1. The number of carbonyl (C=O) groups is 1. The van der Waals surface area contributed by atoms with Gasteiger partial charge in [-0.15, -0.1) is 0 Å². The Morgan fingerprint density at radius 2 is 2.04 bits per heavy atom. The van der Waals surface area contributed by atoms with Gasteiger partial charge in [0.1, 0.15) is 6.10 Å². The Balaban J connectivity index is 1.40. The Hall–Kier alpha value is -3.35. The summed E-state index contributed by atoms with van der Waals surface area (Å²) in [6.45, 7) is 0.776. The number of benzene rings is 1. The van der Waals surface area contributed by atoms with Crippen LogP contribution in [0.2, 0.25) is 0 Å². The first-order chi connectivity index (χ1) is 13.7. The van der Waals surface area contributed by atoms with Crippen molar-refractivity contribution in [2.75, 3.05) is 11.4 Å². The van der Waals surface area contributed by atoms with Crippen LogP contribution in [-0.4, -0.2) is 33.5 Å². The minimum atomic E-state index is -0.371. The molecule has 0 radical (unpaired) electrons. The van der Waals surface area contributed by atoms with Gasteiger partial charge in [-0.3, -0.25) is 14.8 Å². The molecule has 1 aliphatic heterocycles. The van der Waals surface area contributed by atoms with E-state index < -0.39 is 0 Å². The fraction of sp³-hybridized carbons (Fsp3) is 0.286. The van der Waals surface area contributed by atoms with Crippen molar-refractivity contribution in [3.63, 3.8) is 0 Å². The molecule has 1 N–H and O–H groups in total. The third kappa shape index (κ3) is 2.89. The number of hydrogen-bond acceptors (Lipinski definition) is 4. The maximum atomic E-state index is 12.5. The minimum Gasteiger partial charge on any atom is -0.442 e. The normalized spacial score (nSPS) is 18.4. The number of anilines is 1. The van der Waals surface area contributed by atoms with E-state index in [2.05, 4.69) is 22.3 Å². The van der Waals surface area contributed by atoms with Gasteiger partial charge in [0.2, 0.25) is 0 Å². The fourth-order valence-corrected chi connectivity index (χ4v) is 4.06. The molecule has 7 nitrogen and oxygen atoms in total. The summed E-state index contributed by atoms with van der Waals surface area (Å²) in [7, 11) is 0. The molecule has 1 fully saturated rings. The molecular formula is C21H20N4O3. The summed E-state index contributed by atoms with van der Waals surface area (Å²) < 4.78 is 7.08. The van der Waals surface area contributed by atoms with Crippen LogP contribution in [0.1, 0.15) is 17.5 Å². The number of aryl methyl sites for hydroxylation is 2. The Bertz CT molecular complexity index is 1100. The number of H-pyrrole nitrogens is 1. The monoisotopic (exact) mass is 376 g/mol. The second-order valence-electron chi connectivity index (χ2n) is 7.27. The van der Waals surface area contributed by atoms with Crippen LogP contribution in [-0.2, 0) is 24.1 Å². The van der Waals surface area contributed by atoms with Crippen molar-refractivity contribution in [3.05, 3.63) is 70.3 Å². The van der Waals surface area contributed by atoms with E-state index in [1.165, 1.54) is 17.2 Å². The molecule has 1 aromatic carbocycles. The molecule has 1 unspecified atom stereocenters. The Labute approximate surface area is 161 Å². The van der Waals surface area contributed by atoms with Gasteiger partial charge in [-0.1, -0.05) is 12.1 Å². The first kappa shape index (κ1) is 16.8. The third-order valence-electron chi connectivity index (χ3n) is 5.45. The number of cyclic esters (lactones) is 1. The molecule has 7 heteroatoms. The van der Waals surface area contributed by atoms with E-state index in [4.69, 9.17) is 4.74 Å². The summed E-state index contributed by atoms with van der Waals surface area (Å²) in [5.41, 5.74) is 5.39. The molecular weight excluding hydrogens is 356 g/mol. The number of nitrogens with one attached hydrogen (secondary N) is 1. The van der Waals surface area contributed by atoms with E-state index in [1.54, 1.807) is 27.8 Å². The van der Waals surface area contributed by atoms with Crippen molar-refractivity contribution in [2.45, 2.75) is 31.9 Å². The summed E-state index contributed by atoms with van der Waals surface area (Å²) >= 11 is 0. The highest BCUT2D eigenvalue weighted by molar-refractivity contribution is 5.90. The van der Waals surface area contributed by atoms with Crippen molar-refractivity contribution in [2.24, 2.45) is 0 Å². The molecule has 1 saturated heterocycles. The summed E-state index contributed by atoms with van der Waals surface area (Å²) in [6, 6.07) is 11.1. The molecule has 5 rings (SSSR count). The van der Waals surface area contributed by atoms with Gasteiger partial charge in [0, 0.05) is 23.5 Å². The van der Waals surface area contributed by atoms with Crippen LogP contribution in [0, 0.1) is 0 Å². The number of aromatic nitrogens is 3. The van der Waals surface area contributed by atoms with Gasteiger partial charge in [0.25, 0.3) is 5.56 Å². The summed E-state index contributed by atoms with van der Waals surface area (Å²) in [6.07, 6.45) is 5.88. The van der Waals surface area contributed by atoms with Gasteiger partial charge in [-0.25, -0.2) is 4.79 Å². The minimum absolute atomic E-state index is 0.0996. The molecule has 28 heavy (non-hydrogen) atoms. The van der Waals surface area contributed by atoms with Gasteiger partial charge in [0.05, 0.1) is 25.0 Å². The highest BCUT2D eigenvalue weighted by Gasteiger charge is 2.33. The smallest absolute Gasteiger partial charge is 0.414 e. The van der Waals surface area contributed by atoms with Crippen molar-refractivity contribution in [1.29, 1.82) is 0 Å². The number of nitrogens with zero attached hydrogens (tertiary/aromatic N) is 3. The van der Waals surface area contributed by atoms with Crippen LogP contribution in [0.3, 0.4) is 0 Å². The molecule has 0 bridgehead atoms. The van der Waals surface area contributed by atoms with E-state index in [9.17, 15) is 9.59 Å². The summed E-state index contributed by atoms with van der Waals surface area (Å²) in [5.74, 6) is 0. The molecule has 3 heterocycles. The lowest BCUT2D eigenvalue weighted by atomic mass is 10.0. The quantitative estimate of drug-likeness (QED) is 0.762. The predicted molar refractivity (Wildman–Crippen MR) is 104 cm³/mol. The van der Waals surface area contributed by atoms with Gasteiger partial charge in [-0.2, -0.15) is 5.10 Å². The molecule has 1 amide bonds. The molecule has 2 aliphatic rings. The number of hydrogen-bond donors (Lipinski definition) is 1. The van der Waals surface area contributed by atoms with Crippen molar-refractivity contribution >= 4 is 11.8 Å². The van der Waals surface area contributed by atoms with Crippen LogP contribution >= 0.6 is 0 Å². The molecule has 0 saturated carbocycles. The molecule has 3 aromatic rings. The van der Waals surface area contributed by atoms with Gasteiger partial charge < -0.3 is 9.30 Å². The SMILES string of the molecule is O=C1OC(Cn2ccccc2=O)CN1c1ccc2c(c1)CCCc1cn[nH]c1-2. The Kier molecular flexibility index (Phi) is 4.00. The van der Waals surface area contributed by atoms with Crippen LogP contribution in [0.25, 0.3) is 11.3 Å². The standard InChI is InChI=1S/C21H20N4O3/c26-19-6-1-2-9-24(19)12-17-13-25(21(27)28-17)16-7-8-18-14(10-16)4-3-5-15-11-22-23-20(15)18/h1-2,6-11,17H,3-5,12-13H2,(H,22,23). The lowest BCUT2D eigenvalue weighted by molar-refractivity contribution is 0.131. The number of carbonyl (C=O) groups excluding carboxylic acids is 1. The van der Waals surface area contributed by atoms with E-state index in [1.807, 2.05) is 12.3 Å². The summed E-state index contributed by atoms with van der Waals surface area (Å²) in [4.78, 5) is 26.0. The number of fused-ring (bicyclic) bond motifs is 3. The van der Waals surface area contributed by atoms with E-state index >= 15 is 0 Å². The number of amides is 1. The van der Waals surface area contributed by atoms with Crippen molar-refractivity contribution in [3.8, 4) is 11.3 Å². The predicted octanol–water partition coefficient (Wildman–Crippen LogP) is 2.75. The molecule has 142 valence electrons. The topological polar surface area (TPSA) is 80.2 Å². The largest absolute Gasteiger partial charge is 0.442 e. The van der Waals surface area contributed by atoms with Gasteiger partial charge in [0.15, 0.2) is 0 Å². The van der Waals surface area contributed by atoms with Crippen LogP contribution in [0.4, 0.5) is 10.5 Å². The zero-order chi connectivity index (χ0) is 19.1. The maximum absolute atomic E-state index is 12.5. The summed E-state index contributed by atoms with van der Waals surface area (Å²) in [5, 5.41) is 7.28. The van der Waals surface area contributed by atoms with Gasteiger partial charge in [-0.05, 0) is 48.6 Å². The molecule has 0 spiro atoms. The van der Waals surface area contributed by atoms with Crippen LogP contribution in [0.15, 0.2) is 53.6 Å². The molecule has 1 aliphatic carbocycles. The average Bonchev–Trinajstić information content (AvgIpc) is 3.26. The number of pyridine rings is 1. The van der Waals surface area contributed by atoms with Crippen LogP contribution < -0.4 is 10.5 Å². The molecule has 2 aromatic heterocycles. The first-order valence-electron chi connectivity index (χ1n) is 9.48. The van der Waals surface area contributed by atoms with Crippen molar-refractivity contribution in [1.82, 2.24) is 14.8 Å². The van der Waals surface area contributed by atoms with E-state index in [0.29, 0.717) is 13.1 Å². The van der Waals surface area contributed by atoms with Crippen molar-refractivity contribution < 1.29 is 9.53 Å². The zero-order valence-electron chi connectivity index (χ0n) is 15.3. The second kappa shape index (κ2) is 6.67. The lowest BCUT2D eigenvalue weighted by Gasteiger charge is -2.16. The van der Waals surface area contributed by atoms with Gasteiger partial charge >= 0.3 is 6.09 Å². The molecule has 1 atom stereocenters. The number of ether oxygens (including phenoxy) is 1. The first-order valence-corrected chi connectivity index (χ1v) is 9.48. The second-order valence-corrected chi connectivity index (χ2v) is 7.27. The average molecular weight is 376 g/mol.